The SMILES string of the molecule is CCNC(=NCc1cc(C)ccc1OC(F)F)NCC(O)COCc1ccccc1.I. The van der Waals surface area contributed by atoms with Crippen LogP contribution < -0.4 is 15.4 Å². The van der Waals surface area contributed by atoms with Gasteiger partial charge in [0.25, 0.3) is 0 Å². The van der Waals surface area contributed by atoms with Crippen LogP contribution >= 0.6 is 24.0 Å². The van der Waals surface area contributed by atoms with E-state index in [0.29, 0.717) is 24.7 Å². The quantitative estimate of drug-likeness (QED) is 0.226. The Hall–Kier alpha value is -1.98. The Morgan fingerprint density at radius 3 is 2.55 bits per heavy atom. The highest BCUT2D eigenvalue weighted by molar-refractivity contribution is 14.0. The van der Waals surface area contributed by atoms with E-state index in [9.17, 15) is 13.9 Å². The molecule has 0 radical (unpaired) electrons. The van der Waals surface area contributed by atoms with Crippen molar-refractivity contribution in [3.05, 3.63) is 65.2 Å². The highest BCUT2D eigenvalue weighted by Gasteiger charge is 2.11. The summed E-state index contributed by atoms with van der Waals surface area (Å²) in [6, 6.07) is 14.7. The molecule has 1 unspecified atom stereocenters. The van der Waals surface area contributed by atoms with E-state index in [2.05, 4.69) is 20.4 Å². The van der Waals surface area contributed by atoms with Crippen molar-refractivity contribution in [2.75, 3.05) is 19.7 Å². The Kier molecular flexibility index (Phi) is 13.0. The molecule has 9 heteroatoms. The first-order valence-corrected chi connectivity index (χ1v) is 9.84. The van der Waals surface area contributed by atoms with Gasteiger partial charge in [-0.05, 0) is 25.5 Å². The Morgan fingerprint density at radius 2 is 1.87 bits per heavy atom. The van der Waals surface area contributed by atoms with Gasteiger partial charge in [0, 0.05) is 18.7 Å². The minimum Gasteiger partial charge on any atom is -0.434 e. The van der Waals surface area contributed by atoms with Crippen LogP contribution in [0.2, 0.25) is 0 Å². The highest BCUT2D eigenvalue weighted by Crippen LogP contribution is 2.22. The first-order chi connectivity index (χ1) is 14.5. The number of benzene rings is 2. The van der Waals surface area contributed by atoms with Gasteiger partial charge in [0.1, 0.15) is 5.75 Å². The van der Waals surface area contributed by atoms with Gasteiger partial charge in [0.05, 0.1) is 25.9 Å². The Morgan fingerprint density at radius 1 is 1.13 bits per heavy atom. The fourth-order valence-electron chi connectivity index (χ4n) is 2.71. The number of hydrogen-bond donors (Lipinski definition) is 3. The van der Waals surface area contributed by atoms with Gasteiger partial charge in [0.15, 0.2) is 5.96 Å². The summed E-state index contributed by atoms with van der Waals surface area (Å²) in [5, 5.41) is 16.2. The average molecular weight is 549 g/mol. The summed E-state index contributed by atoms with van der Waals surface area (Å²) in [4.78, 5) is 4.41. The molecule has 2 aromatic carbocycles. The van der Waals surface area contributed by atoms with Crippen LogP contribution in [0, 0.1) is 6.92 Å². The summed E-state index contributed by atoms with van der Waals surface area (Å²) < 4.78 is 35.3. The van der Waals surface area contributed by atoms with E-state index in [-0.39, 0.29) is 49.4 Å². The van der Waals surface area contributed by atoms with Crippen LogP contribution in [-0.2, 0) is 17.9 Å². The molecular weight excluding hydrogens is 519 g/mol. The fraction of sp³-hybridized carbons (Fsp3) is 0.409. The average Bonchev–Trinajstić information content (AvgIpc) is 2.72. The smallest absolute Gasteiger partial charge is 0.387 e. The molecule has 0 aliphatic rings. The van der Waals surface area contributed by atoms with Gasteiger partial charge in [0.2, 0.25) is 0 Å². The van der Waals surface area contributed by atoms with Crippen molar-refractivity contribution in [3.63, 3.8) is 0 Å². The van der Waals surface area contributed by atoms with Crippen LogP contribution in [0.5, 0.6) is 5.75 Å². The second-order valence-corrected chi connectivity index (χ2v) is 6.72. The van der Waals surface area contributed by atoms with E-state index >= 15 is 0 Å². The summed E-state index contributed by atoms with van der Waals surface area (Å²) in [6.07, 6.45) is -0.728. The minimum absolute atomic E-state index is 0. The van der Waals surface area contributed by atoms with E-state index in [1.807, 2.05) is 44.2 Å². The number of guanidine groups is 1. The maximum absolute atomic E-state index is 12.6. The van der Waals surface area contributed by atoms with Crippen LogP contribution in [0.4, 0.5) is 8.78 Å². The highest BCUT2D eigenvalue weighted by atomic mass is 127. The van der Waals surface area contributed by atoms with Crippen molar-refractivity contribution in [1.82, 2.24) is 10.6 Å². The zero-order valence-electron chi connectivity index (χ0n) is 17.7. The number of aryl methyl sites for hydroxylation is 1. The maximum atomic E-state index is 12.6. The van der Waals surface area contributed by atoms with E-state index in [1.54, 1.807) is 12.1 Å². The van der Waals surface area contributed by atoms with Crippen molar-refractivity contribution in [2.24, 2.45) is 4.99 Å². The molecule has 6 nitrogen and oxygen atoms in total. The Bertz CT molecular complexity index is 795. The van der Waals surface area contributed by atoms with E-state index < -0.39 is 12.7 Å². The van der Waals surface area contributed by atoms with Crippen LogP contribution in [0.25, 0.3) is 0 Å². The molecule has 1 atom stereocenters. The number of nitrogens with zero attached hydrogens (tertiary/aromatic N) is 1. The largest absolute Gasteiger partial charge is 0.434 e. The number of aliphatic hydroxyl groups is 1. The molecule has 0 amide bonds. The first-order valence-electron chi connectivity index (χ1n) is 9.84. The summed E-state index contributed by atoms with van der Waals surface area (Å²) in [7, 11) is 0. The lowest BCUT2D eigenvalue weighted by Crippen LogP contribution is -2.42. The van der Waals surface area contributed by atoms with Crippen LogP contribution in [0.1, 0.15) is 23.6 Å². The lowest BCUT2D eigenvalue weighted by molar-refractivity contribution is -0.0504. The van der Waals surface area contributed by atoms with E-state index in [1.165, 1.54) is 6.07 Å². The number of hydrogen-bond acceptors (Lipinski definition) is 4. The van der Waals surface area contributed by atoms with Crippen molar-refractivity contribution >= 4 is 29.9 Å². The second-order valence-electron chi connectivity index (χ2n) is 6.72. The molecule has 0 aromatic heterocycles. The topological polar surface area (TPSA) is 75.1 Å². The van der Waals surface area contributed by atoms with E-state index in [4.69, 9.17) is 4.74 Å². The van der Waals surface area contributed by atoms with Gasteiger partial charge in [-0.3, -0.25) is 0 Å². The molecule has 0 bridgehead atoms. The summed E-state index contributed by atoms with van der Waals surface area (Å²) >= 11 is 0. The predicted molar refractivity (Wildman–Crippen MR) is 128 cm³/mol. The number of alkyl halides is 2. The third-order valence-electron chi connectivity index (χ3n) is 4.11. The van der Waals surface area contributed by atoms with E-state index in [0.717, 1.165) is 11.1 Å². The summed E-state index contributed by atoms with van der Waals surface area (Å²) in [5.41, 5.74) is 2.51. The molecule has 3 N–H and O–H groups in total. The fourth-order valence-corrected chi connectivity index (χ4v) is 2.71. The van der Waals surface area contributed by atoms with Crippen molar-refractivity contribution < 1.29 is 23.4 Å². The standard InChI is InChI=1S/C22H29F2N3O3.HI/c1-3-25-22(26-12-18-11-16(2)9-10-20(18)30-21(23)24)27-13-19(28)15-29-14-17-7-5-4-6-8-17;/h4-11,19,21,28H,3,12-15H2,1-2H3,(H2,25,26,27);1H. The van der Waals surface area contributed by atoms with Crippen LogP contribution in [0.15, 0.2) is 53.5 Å². The molecule has 0 aliphatic carbocycles. The molecule has 0 saturated heterocycles. The Balaban J connectivity index is 0.00000480. The third kappa shape index (κ3) is 10.7. The monoisotopic (exact) mass is 549 g/mol. The molecule has 0 fully saturated rings. The van der Waals surface area contributed by atoms with Gasteiger partial charge in [-0.2, -0.15) is 8.78 Å². The van der Waals surface area contributed by atoms with Crippen LogP contribution in [-0.4, -0.2) is 43.5 Å². The van der Waals surface area contributed by atoms with Gasteiger partial charge in [-0.15, -0.1) is 24.0 Å². The predicted octanol–water partition coefficient (Wildman–Crippen LogP) is 3.85. The first kappa shape index (κ1) is 27.1. The number of ether oxygens (including phenoxy) is 2. The number of aliphatic imine (C=N–C) groups is 1. The Labute approximate surface area is 199 Å². The van der Waals surface area contributed by atoms with Gasteiger partial charge in [-0.25, -0.2) is 4.99 Å². The van der Waals surface area contributed by atoms with Crippen molar-refractivity contribution in [1.29, 1.82) is 0 Å². The third-order valence-corrected chi connectivity index (χ3v) is 4.11. The molecule has 0 saturated carbocycles. The van der Waals surface area contributed by atoms with Crippen molar-refractivity contribution in [2.45, 2.75) is 39.7 Å². The molecule has 2 rings (SSSR count). The lowest BCUT2D eigenvalue weighted by atomic mass is 10.1. The molecular formula is C22H30F2IN3O3. The van der Waals surface area contributed by atoms with Crippen LogP contribution in [0.3, 0.4) is 0 Å². The zero-order chi connectivity index (χ0) is 21.8. The lowest BCUT2D eigenvalue weighted by Gasteiger charge is -2.16. The molecule has 2 aromatic rings. The zero-order valence-corrected chi connectivity index (χ0v) is 20.0. The number of halogens is 3. The molecule has 172 valence electrons. The molecule has 0 spiro atoms. The summed E-state index contributed by atoms with van der Waals surface area (Å²) in [5.74, 6) is 0.564. The second kappa shape index (κ2) is 14.9. The molecule has 0 heterocycles. The minimum atomic E-state index is -2.90. The van der Waals surface area contributed by atoms with Gasteiger partial charge < -0.3 is 25.2 Å². The number of rotatable bonds is 11. The summed E-state index contributed by atoms with van der Waals surface area (Å²) in [6.45, 7) is 2.48. The van der Waals surface area contributed by atoms with Gasteiger partial charge in [-0.1, -0.05) is 48.0 Å². The maximum Gasteiger partial charge on any atom is 0.387 e. The number of nitrogens with one attached hydrogen (secondary N) is 2. The van der Waals surface area contributed by atoms with Gasteiger partial charge >= 0.3 is 6.61 Å². The normalized spacial score (nSPS) is 12.3. The van der Waals surface area contributed by atoms with Crippen molar-refractivity contribution in [3.8, 4) is 5.75 Å². The molecule has 31 heavy (non-hydrogen) atoms. The molecule has 0 aliphatic heterocycles. The number of aliphatic hydroxyl groups excluding tert-OH is 1.